The molecular formula is C32H30FN3O4S. The molecule has 0 aliphatic heterocycles. The number of halogens is 1. The van der Waals surface area contributed by atoms with Gasteiger partial charge in [0.1, 0.15) is 11.4 Å². The second kappa shape index (κ2) is 10.7. The Kier molecular flexibility index (Phi) is 7.04. The Morgan fingerprint density at radius 3 is 2.61 bits per heavy atom. The van der Waals surface area contributed by atoms with E-state index in [2.05, 4.69) is 22.5 Å². The van der Waals surface area contributed by atoms with Crippen LogP contribution in [-0.2, 0) is 10.2 Å². The van der Waals surface area contributed by atoms with E-state index in [4.69, 9.17) is 4.74 Å². The van der Waals surface area contributed by atoms with Crippen molar-refractivity contribution in [3.8, 4) is 22.9 Å². The summed E-state index contributed by atoms with van der Waals surface area (Å²) in [5, 5.41) is 11.3. The molecule has 0 radical (unpaired) electrons. The van der Waals surface area contributed by atoms with Gasteiger partial charge in [-0.2, -0.15) is 13.7 Å². The van der Waals surface area contributed by atoms with Gasteiger partial charge in [-0.05, 0) is 61.2 Å². The number of ether oxygens (including phenoxy) is 1. The summed E-state index contributed by atoms with van der Waals surface area (Å²) in [5.74, 6) is 0.442. The maximum Gasteiger partial charge on any atom is 0.332 e. The molecule has 210 valence electrons. The molecule has 0 spiro atoms. The van der Waals surface area contributed by atoms with E-state index in [1.165, 1.54) is 18.2 Å². The van der Waals surface area contributed by atoms with Crippen molar-refractivity contribution >= 4 is 43.1 Å². The number of fused-ring (bicyclic) bond motifs is 4. The van der Waals surface area contributed by atoms with Crippen molar-refractivity contribution < 1.29 is 17.0 Å². The van der Waals surface area contributed by atoms with Crippen LogP contribution >= 0.6 is 0 Å². The smallest absolute Gasteiger partial charge is 0.332 e. The van der Waals surface area contributed by atoms with Crippen molar-refractivity contribution in [2.75, 3.05) is 6.61 Å². The highest BCUT2D eigenvalue weighted by molar-refractivity contribution is 7.86. The average molecular weight is 572 g/mol. The Morgan fingerprint density at radius 2 is 1.88 bits per heavy atom. The summed E-state index contributed by atoms with van der Waals surface area (Å²) in [6.45, 7) is 2.47. The topological polar surface area (TPSA) is 105 Å². The van der Waals surface area contributed by atoms with Crippen LogP contribution in [-0.4, -0.2) is 24.6 Å². The lowest BCUT2D eigenvalue weighted by Crippen LogP contribution is -2.18. The molecule has 7 nitrogen and oxygen atoms in total. The number of pyridine rings is 1. The molecule has 41 heavy (non-hydrogen) atoms. The number of unbranched alkanes of at least 4 members (excludes halogenated alkanes) is 1. The summed E-state index contributed by atoms with van der Waals surface area (Å²) < 4.78 is 45.8. The number of aromatic nitrogens is 2. The molecule has 0 atom stereocenters. The highest BCUT2D eigenvalue weighted by Gasteiger charge is 2.25. The lowest BCUT2D eigenvalue weighted by Gasteiger charge is -2.27. The molecular weight excluding hydrogens is 541 g/mol. The first kappa shape index (κ1) is 27.0. The number of nitrogens with zero attached hydrogens (tertiary/aromatic N) is 2. The Labute approximate surface area is 237 Å². The van der Waals surface area contributed by atoms with Crippen LogP contribution in [0.25, 0.3) is 44.0 Å². The first-order valence-electron chi connectivity index (χ1n) is 14.1. The molecule has 5 aromatic rings. The molecule has 1 fully saturated rings. The summed E-state index contributed by atoms with van der Waals surface area (Å²) in [5.41, 5.74) is 3.54. The molecule has 1 aliphatic carbocycles. The van der Waals surface area contributed by atoms with E-state index in [1.807, 2.05) is 12.1 Å². The van der Waals surface area contributed by atoms with Gasteiger partial charge < -0.3 is 14.3 Å². The van der Waals surface area contributed by atoms with Crippen LogP contribution in [0.4, 0.5) is 3.89 Å². The van der Waals surface area contributed by atoms with Crippen molar-refractivity contribution in [1.29, 1.82) is 5.26 Å². The highest BCUT2D eigenvalue weighted by Crippen LogP contribution is 2.40. The van der Waals surface area contributed by atoms with Crippen molar-refractivity contribution in [1.82, 2.24) is 9.55 Å². The maximum atomic E-state index is 14.2. The number of hydrogen-bond acceptors (Lipinski definition) is 5. The molecule has 0 bridgehead atoms. The standard InChI is InChI=1S/C32H30FN3O4S/c1-2-3-14-40-29-18-26-28(17-25(29)21-8-7-11-23(16-21)41(33,38)39)36(22-9-5-4-6-10-22)32-30(31(26)37)24-13-12-20(19-34)15-27(24)35-32/h7-8,11-13,15-18,22,35H,2-6,9-10,14H2,1H3. The largest absolute Gasteiger partial charge is 0.493 e. The number of hydrogen-bond donors (Lipinski definition) is 1. The summed E-state index contributed by atoms with van der Waals surface area (Å²) in [6.07, 6.45) is 6.90. The molecule has 2 aromatic heterocycles. The molecule has 1 N–H and O–H groups in total. The van der Waals surface area contributed by atoms with E-state index in [-0.39, 0.29) is 11.5 Å². The van der Waals surface area contributed by atoms with E-state index in [0.29, 0.717) is 51.0 Å². The third-order valence-electron chi connectivity index (χ3n) is 8.10. The van der Waals surface area contributed by atoms with Gasteiger partial charge >= 0.3 is 10.2 Å². The van der Waals surface area contributed by atoms with Gasteiger partial charge in [0.05, 0.1) is 39.4 Å². The quantitative estimate of drug-likeness (QED) is 0.161. The third kappa shape index (κ3) is 4.87. The van der Waals surface area contributed by atoms with Crippen LogP contribution < -0.4 is 10.2 Å². The van der Waals surface area contributed by atoms with Crippen LogP contribution in [0.5, 0.6) is 5.75 Å². The second-order valence-corrected chi connectivity index (χ2v) is 12.1. The lowest BCUT2D eigenvalue weighted by atomic mass is 9.93. The van der Waals surface area contributed by atoms with Crippen molar-refractivity contribution in [3.63, 3.8) is 0 Å². The molecule has 0 saturated heterocycles. The van der Waals surface area contributed by atoms with Crippen LogP contribution in [0.3, 0.4) is 0 Å². The van der Waals surface area contributed by atoms with Crippen LogP contribution in [0.2, 0.25) is 0 Å². The normalized spacial score (nSPS) is 14.6. The van der Waals surface area contributed by atoms with E-state index in [0.717, 1.165) is 55.8 Å². The number of H-pyrrole nitrogens is 1. The Balaban J connectivity index is 1.71. The van der Waals surface area contributed by atoms with Crippen LogP contribution in [0.15, 0.2) is 64.3 Å². The first-order valence-corrected chi connectivity index (χ1v) is 15.4. The first-order chi connectivity index (χ1) is 19.8. The van der Waals surface area contributed by atoms with E-state index >= 15 is 0 Å². The minimum Gasteiger partial charge on any atom is -0.493 e. The number of benzene rings is 3. The molecule has 0 unspecified atom stereocenters. The number of aromatic amines is 1. The van der Waals surface area contributed by atoms with Gasteiger partial charge in [-0.15, -0.1) is 3.89 Å². The van der Waals surface area contributed by atoms with Gasteiger partial charge in [-0.3, -0.25) is 4.79 Å². The van der Waals surface area contributed by atoms with Gasteiger partial charge in [0, 0.05) is 22.5 Å². The van der Waals surface area contributed by atoms with E-state index < -0.39 is 15.1 Å². The fraction of sp³-hybridized carbons (Fsp3) is 0.312. The van der Waals surface area contributed by atoms with E-state index in [9.17, 15) is 22.4 Å². The van der Waals surface area contributed by atoms with Gasteiger partial charge in [-0.1, -0.05) is 50.8 Å². The Hall–Kier alpha value is -4.16. The molecule has 1 saturated carbocycles. The molecule has 1 aliphatic rings. The van der Waals surface area contributed by atoms with Crippen molar-refractivity contribution in [2.45, 2.75) is 62.8 Å². The van der Waals surface area contributed by atoms with Gasteiger partial charge in [-0.25, -0.2) is 0 Å². The summed E-state index contributed by atoms with van der Waals surface area (Å²) in [7, 11) is -4.91. The summed E-state index contributed by atoms with van der Waals surface area (Å²) in [6, 6.07) is 17.0. The minimum absolute atomic E-state index is 0.134. The predicted molar refractivity (Wildman–Crippen MR) is 159 cm³/mol. The molecule has 2 heterocycles. The number of nitrogens with one attached hydrogen (secondary N) is 1. The third-order valence-corrected chi connectivity index (χ3v) is 8.92. The fourth-order valence-corrected chi connectivity index (χ4v) is 6.58. The molecule has 6 rings (SSSR count). The molecule has 0 amide bonds. The fourth-order valence-electron chi connectivity index (χ4n) is 6.07. The molecule has 9 heteroatoms. The second-order valence-electron chi connectivity index (χ2n) is 10.7. The van der Waals surface area contributed by atoms with Gasteiger partial charge in [0.15, 0.2) is 5.43 Å². The Morgan fingerprint density at radius 1 is 1.07 bits per heavy atom. The van der Waals surface area contributed by atoms with Gasteiger partial charge in [0.25, 0.3) is 0 Å². The van der Waals surface area contributed by atoms with Crippen LogP contribution in [0.1, 0.15) is 63.5 Å². The van der Waals surface area contributed by atoms with Crippen molar-refractivity contribution in [2.24, 2.45) is 0 Å². The lowest BCUT2D eigenvalue weighted by molar-refractivity contribution is 0.311. The number of nitriles is 1. The molecule has 3 aromatic carbocycles. The van der Waals surface area contributed by atoms with Crippen LogP contribution in [0, 0.1) is 11.3 Å². The highest BCUT2D eigenvalue weighted by atomic mass is 32.3. The van der Waals surface area contributed by atoms with Gasteiger partial charge in [0.2, 0.25) is 0 Å². The Bertz CT molecular complexity index is 2020. The maximum absolute atomic E-state index is 14.2. The summed E-state index contributed by atoms with van der Waals surface area (Å²) >= 11 is 0. The SMILES string of the molecule is CCCCOc1cc2c(=O)c3c4ccc(C#N)cc4[nH]c3n(C3CCCCC3)c2cc1-c1cccc(S(=O)(=O)F)c1. The average Bonchev–Trinajstić information content (AvgIpc) is 3.36. The zero-order chi connectivity index (χ0) is 28.7. The number of rotatable bonds is 7. The minimum atomic E-state index is -4.91. The monoisotopic (exact) mass is 571 g/mol. The summed E-state index contributed by atoms with van der Waals surface area (Å²) in [4.78, 5) is 17.2. The zero-order valence-corrected chi connectivity index (χ0v) is 23.6. The van der Waals surface area contributed by atoms with Crippen molar-refractivity contribution in [3.05, 3.63) is 70.4 Å². The van der Waals surface area contributed by atoms with E-state index in [1.54, 1.807) is 24.3 Å². The predicted octanol–water partition coefficient (Wildman–Crippen LogP) is 7.52. The zero-order valence-electron chi connectivity index (χ0n) is 22.7.